The standard InChI is InChI=1S/C17H30N4/c1-6-10-18-14-12(2)15(19-11-9-13-7-8-13)21-16(20-14)17(3,4)5/h13H,6-11H2,1-5H3,(H2,18,19,20,21). The van der Waals surface area contributed by atoms with Gasteiger partial charge in [0.1, 0.15) is 17.5 Å². The number of anilines is 2. The van der Waals surface area contributed by atoms with Crippen LogP contribution in [0.4, 0.5) is 11.6 Å². The minimum Gasteiger partial charge on any atom is -0.370 e. The third-order valence-electron chi connectivity index (χ3n) is 3.90. The van der Waals surface area contributed by atoms with Gasteiger partial charge >= 0.3 is 0 Å². The zero-order chi connectivity index (χ0) is 15.5. The Kier molecular flexibility index (Phi) is 5.07. The molecule has 0 saturated heterocycles. The van der Waals surface area contributed by atoms with Gasteiger partial charge in [0.05, 0.1) is 0 Å². The van der Waals surface area contributed by atoms with Gasteiger partial charge in [-0.25, -0.2) is 9.97 Å². The highest BCUT2D eigenvalue weighted by Gasteiger charge is 2.22. The van der Waals surface area contributed by atoms with Crippen LogP contribution in [-0.2, 0) is 5.41 Å². The first-order valence-corrected chi connectivity index (χ1v) is 8.28. The Hall–Kier alpha value is -1.32. The molecular formula is C17H30N4. The maximum Gasteiger partial charge on any atom is 0.138 e. The fourth-order valence-electron chi connectivity index (χ4n) is 2.24. The first-order chi connectivity index (χ1) is 9.91. The summed E-state index contributed by atoms with van der Waals surface area (Å²) in [6, 6.07) is 0. The normalized spacial score (nSPS) is 15.1. The average molecular weight is 290 g/mol. The van der Waals surface area contributed by atoms with Crippen molar-refractivity contribution in [1.29, 1.82) is 0 Å². The molecule has 0 spiro atoms. The van der Waals surface area contributed by atoms with Crippen LogP contribution in [0.1, 0.15) is 64.8 Å². The second kappa shape index (κ2) is 6.63. The molecule has 2 N–H and O–H groups in total. The molecule has 118 valence electrons. The predicted octanol–water partition coefficient (Wildman–Crippen LogP) is 4.12. The van der Waals surface area contributed by atoms with Gasteiger partial charge in [-0.3, -0.25) is 0 Å². The van der Waals surface area contributed by atoms with E-state index in [4.69, 9.17) is 9.97 Å². The lowest BCUT2D eigenvalue weighted by Gasteiger charge is -2.21. The van der Waals surface area contributed by atoms with Crippen LogP contribution in [-0.4, -0.2) is 23.1 Å². The van der Waals surface area contributed by atoms with Crippen LogP contribution in [0.25, 0.3) is 0 Å². The number of aromatic nitrogens is 2. The van der Waals surface area contributed by atoms with Crippen LogP contribution >= 0.6 is 0 Å². The van der Waals surface area contributed by atoms with Crippen molar-refractivity contribution in [2.45, 2.75) is 65.7 Å². The zero-order valence-corrected chi connectivity index (χ0v) is 14.2. The summed E-state index contributed by atoms with van der Waals surface area (Å²) in [6.45, 7) is 12.7. The molecule has 1 aliphatic rings. The van der Waals surface area contributed by atoms with Gasteiger partial charge in [0.15, 0.2) is 0 Å². The summed E-state index contributed by atoms with van der Waals surface area (Å²) in [4.78, 5) is 9.50. The SMILES string of the molecule is CCCNc1nc(C(C)(C)C)nc(NCCC2CC2)c1C. The van der Waals surface area contributed by atoms with Crippen LogP contribution in [0.3, 0.4) is 0 Å². The van der Waals surface area contributed by atoms with Gasteiger partial charge in [-0.1, -0.05) is 40.5 Å². The maximum absolute atomic E-state index is 4.77. The van der Waals surface area contributed by atoms with E-state index in [9.17, 15) is 0 Å². The first-order valence-electron chi connectivity index (χ1n) is 8.28. The predicted molar refractivity (Wildman–Crippen MR) is 90.1 cm³/mol. The molecule has 0 radical (unpaired) electrons. The largest absolute Gasteiger partial charge is 0.370 e. The van der Waals surface area contributed by atoms with E-state index in [0.717, 1.165) is 48.5 Å². The van der Waals surface area contributed by atoms with Crippen molar-refractivity contribution < 1.29 is 0 Å². The molecule has 1 heterocycles. The zero-order valence-electron chi connectivity index (χ0n) is 14.2. The van der Waals surface area contributed by atoms with Gasteiger partial charge in [0.25, 0.3) is 0 Å². The fourth-order valence-corrected chi connectivity index (χ4v) is 2.24. The highest BCUT2D eigenvalue weighted by atomic mass is 15.1. The van der Waals surface area contributed by atoms with E-state index in [1.54, 1.807) is 0 Å². The molecule has 0 unspecified atom stereocenters. The van der Waals surface area contributed by atoms with E-state index in [1.807, 2.05) is 0 Å². The molecule has 21 heavy (non-hydrogen) atoms. The number of rotatable bonds is 7. The van der Waals surface area contributed by atoms with E-state index < -0.39 is 0 Å². The molecule has 0 bridgehead atoms. The monoisotopic (exact) mass is 290 g/mol. The number of nitrogens with one attached hydrogen (secondary N) is 2. The summed E-state index contributed by atoms with van der Waals surface area (Å²) in [7, 11) is 0. The number of hydrogen-bond donors (Lipinski definition) is 2. The Morgan fingerprint density at radius 2 is 1.62 bits per heavy atom. The smallest absolute Gasteiger partial charge is 0.138 e. The number of nitrogens with zero attached hydrogens (tertiary/aromatic N) is 2. The van der Waals surface area contributed by atoms with Crippen LogP contribution in [0.15, 0.2) is 0 Å². The van der Waals surface area contributed by atoms with Crippen molar-refractivity contribution in [3.8, 4) is 0 Å². The minimum absolute atomic E-state index is 0.0384. The van der Waals surface area contributed by atoms with E-state index in [0.29, 0.717) is 0 Å². The van der Waals surface area contributed by atoms with Gasteiger partial charge < -0.3 is 10.6 Å². The first kappa shape index (κ1) is 16.1. The average Bonchev–Trinajstić information content (AvgIpc) is 3.22. The van der Waals surface area contributed by atoms with Crippen molar-refractivity contribution in [2.24, 2.45) is 5.92 Å². The summed E-state index contributed by atoms with van der Waals surface area (Å²) < 4.78 is 0. The van der Waals surface area contributed by atoms with E-state index >= 15 is 0 Å². The highest BCUT2D eigenvalue weighted by Crippen LogP contribution is 2.32. The summed E-state index contributed by atoms with van der Waals surface area (Å²) in [6.07, 6.45) is 5.16. The quantitative estimate of drug-likeness (QED) is 0.793. The molecular weight excluding hydrogens is 260 g/mol. The third kappa shape index (κ3) is 4.58. The molecule has 1 aromatic heterocycles. The lowest BCUT2D eigenvalue weighted by Crippen LogP contribution is -2.20. The summed E-state index contributed by atoms with van der Waals surface area (Å²) in [5.41, 5.74) is 1.09. The van der Waals surface area contributed by atoms with Crippen molar-refractivity contribution >= 4 is 11.6 Å². The molecule has 1 aromatic rings. The minimum atomic E-state index is -0.0384. The van der Waals surface area contributed by atoms with Crippen LogP contribution < -0.4 is 10.6 Å². The van der Waals surface area contributed by atoms with Crippen molar-refractivity contribution in [3.63, 3.8) is 0 Å². The molecule has 0 aromatic carbocycles. The Bertz CT molecular complexity index is 472. The Balaban J connectivity index is 2.18. The Labute approximate surface area is 129 Å². The Morgan fingerprint density at radius 3 is 2.10 bits per heavy atom. The molecule has 1 saturated carbocycles. The molecule has 0 amide bonds. The Morgan fingerprint density at radius 1 is 1.05 bits per heavy atom. The second-order valence-electron chi connectivity index (χ2n) is 7.21. The molecule has 1 fully saturated rings. The van der Waals surface area contributed by atoms with Crippen molar-refractivity contribution in [3.05, 3.63) is 11.4 Å². The summed E-state index contributed by atoms with van der Waals surface area (Å²) >= 11 is 0. The van der Waals surface area contributed by atoms with Gasteiger partial charge in [0, 0.05) is 24.1 Å². The lowest BCUT2D eigenvalue weighted by molar-refractivity contribution is 0.545. The molecule has 4 heteroatoms. The van der Waals surface area contributed by atoms with Gasteiger partial charge in [-0.05, 0) is 25.7 Å². The molecule has 0 atom stereocenters. The van der Waals surface area contributed by atoms with Crippen LogP contribution in [0.5, 0.6) is 0 Å². The summed E-state index contributed by atoms with van der Waals surface area (Å²) in [5, 5.41) is 6.96. The van der Waals surface area contributed by atoms with Gasteiger partial charge in [-0.15, -0.1) is 0 Å². The van der Waals surface area contributed by atoms with Crippen LogP contribution in [0.2, 0.25) is 0 Å². The van der Waals surface area contributed by atoms with E-state index in [2.05, 4.69) is 45.3 Å². The van der Waals surface area contributed by atoms with Crippen molar-refractivity contribution in [2.75, 3.05) is 23.7 Å². The van der Waals surface area contributed by atoms with E-state index in [1.165, 1.54) is 19.3 Å². The highest BCUT2D eigenvalue weighted by molar-refractivity contribution is 5.57. The van der Waals surface area contributed by atoms with E-state index in [-0.39, 0.29) is 5.41 Å². The van der Waals surface area contributed by atoms with Gasteiger partial charge in [-0.2, -0.15) is 0 Å². The van der Waals surface area contributed by atoms with Crippen LogP contribution in [0, 0.1) is 12.8 Å². The topological polar surface area (TPSA) is 49.8 Å². The second-order valence-corrected chi connectivity index (χ2v) is 7.21. The maximum atomic E-state index is 4.77. The fraction of sp³-hybridized carbons (Fsp3) is 0.765. The van der Waals surface area contributed by atoms with Gasteiger partial charge in [0.2, 0.25) is 0 Å². The lowest BCUT2D eigenvalue weighted by atomic mass is 9.95. The molecule has 0 aliphatic heterocycles. The van der Waals surface area contributed by atoms with Crippen molar-refractivity contribution in [1.82, 2.24) is 9.97 Å². The number of hydrogen-bond acceptors (Lipinski definition) is 4. The molecule has 4 nitrogen and oxygen atoms in total. The third-order valence-corrected chi connectivity index (χ3v) is 3.90. The molecule has 1 aliphatic carbocycles. The summed E-state index contributed by atoms with van der Waals surface area (Å²) in [5.74, 6) is 3.82. The molecule has 2 rings (SSSR count).